The first-order valence-corrected chi connectivity index (χ1v) is 31.4. The highest BCUT2D eigenvalue weighted by atomic mass is 16.5. The molecule has 0 fully saturated rings. The predicted molar refractivity (Wildman–Crippen MR) is 310 cm³/mol. The van der Waals surface area contributed by atoms with Gasteiger partial charge in [0.1, 0.15) is 6.10 Å². The Kier molecular flexibility index (Phi) is 56.9. The molecule has 0 aliphatic rings. The fraction of sp³-hybridized carbons (Fsp3) is 0.846. The maximum atomic E-state index is 13.3. The average molecular weight is 997 g/mol. The Hall–Kier alpha value is -2.18. The molecule has 3 atom stereocenters. The van der Waals surface area contributed by atoms with Gasteiger partial charge in [-0.15, -0.1) is 0 Å². The van der Waals surface area contributed by atoms with Gasteiger partial charge in [0, 0.05) is 6.42 Å². The number of carbonyl (C=O) groups excluding carboxylic acids is 2. The monoisotopic (exact) mass is 996 g/mol. The molecule has 0 heterocycles. The second kappa shape index (κ2) is 58.7. The second-order valence-electron chi connectivity index (χ2n) is 21.5. The fourth-order valence-electron chi connectivity index (χ4n) is 9.63. The highest BCUT2D eigenvalue weighted by Crippen LogP contribution is 2.19. The second-order valence-corrected chi connectivity index (χ2v) is 21.5. The molecule has 0 spiro atoms. The van der Waals surface area contributed by atoms with E-state index >= 15 is 0 Å². The summed E-state index contributed by atoms with van der Waals surface area (Å²) in [4.78, 5) is 26.4. The third-order valence-electron chi connectivity index (χ3n) is 14.4. The van der Waals surface area contributed by atoms with Crippen molar-refractivity contribution < 1.29 is 24.5 Å². The molecule has 0 saturated heterocycles. The van der Waals surface area contributed by atoms with Crippen LogP contribution >= 0.6 is 0 Å². The van der Waals surface area contributed by atoms with Crippen LogP contribution in [0.15, 0.2) is 48.6 Å². The lowest BCUT2D eigenvalue weighted by Gasteiger charge is -2.24. The lowest BCUT2D eigenvalue weighted by atomic mass is 10.0. The van der Waals surface area contributed by atoms with E-state index in [1.165, 1.54) is 199 Å². The Balaban J connectivity index is 4.57. The minimum Gasteiger partial charge on any atom is -0.462 e. The Labute approximate surface area is 442 Å². The maximum absolute atomic E-state index is 13.3. The van der Waals surface area contributed by atoms with Gasteiger partial charge in [0.2, 0.25) is 5.91 Å². The third kappa shape index (κ3) is 53.9. The number of nitrogens with one attached hydrogen (secondary N) is 1. The van der Waals surface area contributed by atoms with Gasteiger partial charge in [-0.25, -0.2) is 0 Å². The van der Waals surface area contributed by atoms with Gasteiger partial charge in [-0.1, -0.05) is 281 Å². The average Bonchev–Trinajstić information content (AvgIpc) is 3.36. The van der Waals surface area contributed by atoms with E-state index in [4.69, 9.17) is 4.74 Å². The molecule has 416 valence electrons. The zero-order valence-corrected chi connectivity index (χ0v) is 47.6. The van der Waals surface area contributed by atoms with E-state index < -0.39 is 18.2 Å². The molecule has 0 saturated carbocycles. The molecule has 0 aliphatic carbocycles. The normalized spacial score (nSPS) is 13.4. The molecule has 6 heteroatoms. The van der Waals surface area contributed by atoms with Crippen molar-refractivity contribution in [3.63, 3.8) is 0 Å². The van der Waals surface area contributed by atoms with Crippen LogP contribution in [0.4, 0.5) is 0 Å². The molecule has 3 N–H and O–H groups in total. The van der Waals surface area contributed by atoms with Crippen LogP contribution in [-0.4, -0.2) is 46.9 Å². The summed E-state index contributed by atoms with van der Waals surface area (Å²) >= 11 is 0. The van der Waals surface area contributed by atoms with E-state index in [9.17, 15) is 19.8 Å². The quantitative estimate of drug-likeness (QED) is 0.0244. The summed E-state index contributed by atoms with van der Waals surface area (Å²) in [6, 6.07) is -0.709. The van der Waals surface area contributed by atoms with Gasteiger partial charge in [0.05, 0.1) is 25.2 Å². The highest BCUT2D eigenvalue weighted by molar-refractivity contribution is 5.77. The molecule has 0 aromatic rings. The van der Waals surface area contributed by atoms with Crippen molar-refractivity contribution in [3.05, 3.63) is 48.6 Å². The Morgan fingerprint density at radius 2 is 0.761 bits per heavy atom. The minimum absolute atomic E-state index is 0.0675. The van der Waals surface area contributed by atoms with Crippen molar-refractivity contribution in [2.45, 2.75) is 347 Å². The molecule has 3 unspecified atom stereocenters. The summed E-state index contributed by atoms with van der Waals surface area (Å²) in [5.74, 6) is -0.485. The molecule has 71 heavy (non-hydrogen) atoms. The number of unbranched alkanes of at least 4 members (excludes halogenated alkanes) is 38. The van der Waals surface area contributed by atoms with E-state index in [1.807, 2.05) is 0 Å². The van der Waals surface area contributed by atoms with Gasteiger partial charge < -0.3 is 20.3 Å². The SMILES string of the molecule is CCCCC/C=C\C/C=C\CCCCCCCCCC(CC(=O)NC(CO)C(O)CCCCCCCCCCCCCCCCCCC)OC(=O)CCCCCCC/C=C/C=C/CCCCCCCCC. The first kappa shape index (κ1) is 68.8. The standard InChI is InChI=1S/C65H121NO5/c1-4-7-10-13-16-19-22-25-28-31-34-37-40-43-46-49-52-55-58-65(70)71-61(56-53-50-47-44-41-38-35-32-29-26-23-20-17-14-11-8-5-2)59-64(69)66-62(60-67)63(68)57-54-51-48-45-42-39-36-33-30-27-24-21-18-15-12-9-6-3/h17,20,26,28-29,31,34,37,61-63,67-68H,4-16,18-19,21-25,27,30,32-33,35-36,38-60H2,1-3H3,(H,66,69)/b20-17-,29-26-,31-28+,37-34+. The maximum Gasteiger partial charge on any atom is 0.306 e. The van der Waals surface area contributed by atoms with Gasteiger partial charge in [0.25, 0.3) is 0 Å². The van der Waals surface area contributed by atoms with Crippen molar-refractivity contribution >= 4 is 11.9 Å². The molecule has 0 rings (SSSR count). The van der Waals surface area contributed by atoms with Crippen LogP contribution in [0.1, 0.15) is 329 Å². The summed E-state index contributed by atoms with van der Waals surface area (Å²) in [5, 5.41) is 24.0. The van der Waals surface area contributed by atoms with Crippen molar-refractivity contribution in [1.29, 1.82) is 0 Å². The molecular formula is C65H121NO5. The van der Waals surface area contributed by atoms with Crippen LogP contribution in [0.5, 0.6) is 0 Å². The first-order chi connectivity index (χ1) is 35.0. The number of ether oxygens (including phenoxy) is 1. The smallest absolute Gasteiger partial charge is 0.306 e. The van der Waals surface area contributed by atoms with Gasteiger partial charge >= 0.3 is 5.97 Å². The highest BCUT2D eigenvalue weighted by Gasteiger charge is 2.24. The van der Waals surface area contributed by atoms with Crippen molar-refractivity contribution in [3.8, 4) is 0 Å². The molecular weight excluding hydrogens is 875 g/mol. The number of rotatable bonds is 57. The number of amides is 1. The van der Waals surface area contributed by atoms with E-state index in [0.717, 1.165) is 83.5 Å². The van der Waals surface area contributed by atoms with Crippen molar-refractivity contribution in [2.75, 3.05) is 6.61 Å². The molecule has 6 nitrogen and oxygen atoms in total. The van der Waals surface area contributed by atoms with Gasteiger partial charge in [-0.3, -0.25) is 9.59 Å². The molecule has 1 amide bonds. The van der Waals surface area contributed by atoms with Crippen molar-refractivity contribution in [1.82, 2.24) is 5.32 Å². The molecule has 0 aliphatic heterocycles. The minimum atomic E-state index is -0.794. The summed E-state index contributed by atoms with van der Waals surface area (Å²) in [7, 11) is 0. The van der Waals surface area contributed by atoms with Gasteiger partial charge in [0.15, 0.2) is 0 Å². The Morgan fingerprint density at radius 1 is 0.423 bits per heavy atom. The van der Waals surface area contributed by atoms with Crippen LogP contribution < -0.4 is 5.32 Å². The van der Waals surface area contributed by atoms with E-state index in [0.29, 0.717) is 19.3 Å². The van der Waals surface area contributed by atoms with Crippen LogP contribution in [0.25, 0.3) is 0 Å². The number of carbonyl (C=O) groups is 2. The summed E-state index contributed by atoms with van der Waals surface area (Å²) < 4.78 is 5.97. The van der Waals surface area contributed by atoms with Gasteiger partial charge in [-0.05, 0) is 83.5 Å². The zero-order valence-electron chi connectivity index (χ0n) is 47.6. The Bertz CT molecular complexity index is 1210. The molecule has 0 aromatic heterocycles. The van der Waals surface area contributed by atoms with Crippen LogP contribution in [0.3, 0.4) is 0 Å². The predicted octanol–water partition coefficient (Wildman–Crippen LogP) is 19.7. The van der Waals surface area contributed by atoms with Crippen LogP contribution in [0.2, 0.25) is 0 Å². The molecule has 0 bridgehead atoms. The molecule has 0 aromatic carbocycles. The van der Waals surface area contributed by atoms with Gasteiger partial charge in [-0.2, -0.15) is 0 Å². The lowest BCUT2D eigenvalue weighted by molar-refractivity contribution is -0.151. The molecule has 0 radical (unpaired) electrons. The van der Waals surface area contributed by atoms with E-state index in [2.05, 4.69) is 74.7 Å². The summed E-state index contributed by atoms with van der Waals surface area (Å²) in [5.41, 5.74) is 0. The number of aliphatic hydroxyl groups is 2. The van der Waals surface area contributed by atoms with E-state index in [-0.39, 0.29) is 24.9 Å². The fourth-order valence-corrected chi connectivity index (χ4v) is 9.63. The third-order valence-corrected chi connectivity index (χ3v) is 14.4. The Morgan fingerprint density at radius 3 is 1.18 bits per heavy atom. The van der Waals surface area contributed by atoms with E-state index in [1.54, 1.807) is 0 Å². The zero-order chi connectivity index (χ0) is 51.6. The van der Waals surface area contributed by atoms with Crippen molar-refractivity contribution in [2.24, 2.45) is 0 Å². The van der Waals surface area contributed by atoms with Crippen LogP contribution in [0, 0.1) is 0 Å². The number of hydrogen-bond donors (Lipinski definition) is 3. The summed E-state index contributed by atoms with van der Waals surface area (Å²) in [6.07, 6.45) is 73.2. The summed E-state index contributed by atoms with van der Waals surface area (Å²) in [6.45, 7) is 6.49. The lowest BCUT2D eigenvalue weighted by Crippen LogP contribution is -2.46. The number of aliphatic hydroxyl groups excluding tert-OH is 2. The number of hydrogen-bond acceptors (Lipinski definition) is 5. The number of esters is 1. The largest absolute Gasteiger partial charge is 0.462 e. The topological polar surface area (TPSA) is 95.9 Å². The first-order valence-electron chi connectivity index (χ1n) is 31.4. The van der Waals surface area contributed by atoms with Crippen LogP contribution in [-0.2, 0) is 14.3 Å². The number of allylic oxidation sites excluding steroid dienone is 8.